The third-order valence-corrected chi connectivity index (χ3v) is 4.12. The normalized spacial score (nSPS) is 12.7. The van der Waals surface area contributed by atoms with E-state index in [4.69, 9.17) is 11.6 Å². The van der Waals surface area contributed by atoms with Gasteiger partial charge in [0, 0.05) is 15.8 Å². The molecule has 4 heteroatoms. The summed E-state index contributed by atoms with van der Waals surface area (Å²) in [5.74, 6) is -1.10. The maximum Gasteiger partial charge on any atom is 0.129 e. The molecule has 0 radical (unpaired) electrons. The van der Waals surface area contributed by atoms with Gasteiger partial charge in [-0.2, -0.15) is 0 Å². The van der Waals surface area contributed by atoms with Crippen molar-refractivity contribution in [1.82, 2.24) is 0 Å². The number of halogens is 3. The topological polar surface area (TPSA) is 0 Å². The molecule has 0 aliphatic heterocycles. The van der Waals surface area contributed by atoms with Crippen LogP contribution in [0.1, 0.15) is 20.7 Å². The van der Waals surface area contributed by atoms with Crippen LogP contribution in [0.3, 0.4) is 0 Å². The Balaban J connectivity index is 2.15. The molecule has 0 aliphatic carbocycles. The SMILES string of the molecule is Cc1ccc(C(Cl)Cc2ccc(F)cc2F)s1. The highest BCUT2D eigenvalue weighted by Crippen LogP contribution is 2.31. The fourth-order valence-corrected chi connectivity index (χ4v) is 2.83. The molecule has 2 aromatic rings. The van der Waals surface area contributed by atoms with Crippen LogP contribution >= 0.6 is 22.9 Å². The number of thiophene rings is 1. The van der Waals surface area contributed by atoms with Crippen LogP contribution in [0.2, 0.25) is 0 Å². The van der Waals surface area contributed by atoms with E-state index >= 15 is 0 Å². The Kier molecular flexibility index (Phi) is 3.79. The molecule has 2 rings (SSSR count). The molecule has 0 N–H and O–H groups in total. The average Bonchev–Trinajstić information content (AvgIpc) is 2.69. The second kappa shape index (κ2) is 5.15. The van der Waals surface area contributed by atoms with Crippen molar-refractivity contribution in [3.05, 3.63) is 57.3 Å². The molecular weight excluding hydrogens is 262 g/mol. The predicted octanol–water partition coefficient (Wildman–Crippen LogP) is 4.86. The molecule has 0 spiro atoms. The Morgan fingerprint density at radius 1 is 1.24 bits per heavy atom. The van der Waals surface area contributed by atoms with Gasteiger partial charge in [0.15, 0.2) is 0 Å². The summed E-state index contributed by atoms with van der Waals surface area (Å²) in [6.45, 7) is 2.00. The van der Waals surface area contributed by atoms with E-state index in [1.54, 1.807) is 11.3 Å². The van der Waals surface area contributed by atoms with Crippen LogP contribution in [0.25, 0.3) is 0 Å². The van der Waals surface area contributed by atoms with Crippen LogP contribution in [-0.4, -0.2) is 0 Å². The molecule has 0 fully saturated rings. The first-order valence-corrected chi connectivity index (χ1v) is 6.46. The summed E-state index contributed by atoms with van der Waals surface area (Å²) in [6.07, 6.45) is 0.369. The van der Waals surface area contributed by atoms with Crippen LogP contribution in [0.15, 0.2) is 30.3 Å². The van der Waals surface area contributed by atoms with Crippen molar-refractivity contribution in [1.29, 1.82) is 0 Å². The van der Waals surface area contributed by atoms with Crippen molar-refractivity contribution in [3.63, 3.8) is 0 Å². The quantitative estimate of drug-likeness (QED) is 0.700. The number of hydrogen-bond donors (Lipinski definition) is 0. The van der Waals surface area contributed by atoms with Gasteiger partial charge in [-0.05, 0) is 37.1 Å². The lowest BCUT2D eigenvalue weighted by molar-refractivity contribution is 0.571. The third-order valence-electron chi connectivity index (χ3n) is 2.48. The summed E-state index contributed by atoms with van der Waals surface area (Å²) in [5.41, 5.74) is 0.442. The second-order valence-corrected chi connectivity index (χ2v) is 5.70. The third kappa shape index (κ3) is 3.05. The molecule has 1 heterocycles. The van der Waals surface area contributed by atoms with E-state index in [-0.39, 0.29) is 5.38 Å². The van der Waals surface area contributed by atoms with Gasteiger partial charge in [0.2, 0.25) is 0 Å². The van der Waals surface area contributed by atoms with Crippen LogP contribution < -0.4 is 0 Å². The van der Waals surface area contributed by atoms with Crippen molar-refractivity contribution in [2.24, 2.45) is 0 Å². The molecule has 1 atom stereocenters. The van der Waals surface area contributed by atoms with Crippen molar-refractivity contribution in [2.45, 2.75) is 18.7 Å². The van der Waals surface area contributed by atoms with Crippen LogP contribution in [-0.2, 0) is 6.42 Å². The van der Waals surface area contributed by atoms with Gasteiger partial charge in [-0.1, -0.05) is 6.07 Å². The Morgan fingerprint density at radius 2 is 2.00 bits per heavy atom. The Morgan fingerprint density at radius 3 is 2.59 bits per heavy atom. The lowest BCUT2D eigenvalue weighted by atomic mass is 10.1. The monoisotopic (exact) mass is 272 g/mol. The molecule has 1 aromatic heterocycles. The van der Waals surface area contributed by atoms with E-state index in [0.29, 0.717) is 12.0 Å². The molecule has 0 saturated heterocycles. The van der Waals surface area contributed by atoms with Gasteiger partial charge in [-0.25, -0.2) is 8.78 Å². The summed E-state index contributed by atoms with van der Waals surface area (Å²) in [5, 5.41) is -0.270. The fraction of sp³-hybridized carbons (Fsp3) is 0.231. The molecule has 0 amide bonds. The van der Waals surface area contributed by atoms with Gasteiger partial charge < -0.3 is 0 Å². The first-order valence-electron chi connectivity index (χ1n) is 5.20. The minimum absolute atomic E-state index is 0.270. The Hall–Kier alpha value is -0.930. The number of rotatable bonds is 3. The molecule has 17 heavy (non-hydrogen) atoms. The van der Waals surface area contributed by atoms with Gasteiger partial charge in [-0.15, -0.1) is 22.9 Å². The molecular formula is C13H11ClF2S. The molecule has 0 bridgehead atoms. The molecule has 0 aliphatic rings. The lowest BCUT2D eigenvalue weighted by Crippen LogP contribution is -1.97. The highest BCUT2D eigenvalue weighted by Gasteiger charge is 2.13. The van der Waals surface area contributed by atoms with E-state index < -0.39 is 11.6 Å². The zero-order chi connectivity index (χ0) is 12.4. The van der Waals surface area contributed by atoms with Gasteiger partial charge >= 0.3 is 0 Å². The Labute approximate surface area is 108 Å². The standard InChI is InChI=1S/C13H11ClF2S/c1-8-2-5-13(17-8)11(14)6-9-3-4-10(15)7-12(9)16/h2-5,7,11H,6H2,1H3. The minimum Gasteiger partial charge on any atom is -0.207 e. The highest BCUT2D eigenvalue weighted by molar-refractivity contribution is 7.12. The number of aryl methyl sites for hydroxylation is 1. The van der Waals surface area contributed by atoms with Crippen LogP contribution in [0, 0.1) is 18.6 Å². The maximum absolute atomic E-state index is 13.4. The molecule has 1 aromatic carbocycles. The van der Waals surface area contributed by atoms with Crippen molar-refractivity contribution < 1.29 is 8.78 Å². The summed E-state index contributed by atoms with van der Waals surface area (Å²) >= 11 is 7.81. The summed E-state index contributed by atoms with van der Waals surface area (Å²) < 4.78 is 26.2. The van der Waals surface area contributed by atoms with E-state index in [2.05, 4.69) is 0 Å². The second-order valence-electron chi connectivity index (χ2n) is 3.86. The first-order chi connectivity index (χ1) is 8.06. The predicted molar refractivity (Wildman–Crippen MR) is 67.7 cm³/mol. The number of benzene rings is 1. The number of alkyl halides is 1. The zero-order valence-corrected chi connectivity index (χ0v) is 10.8. The van der Waals surface area contributed by atoms with Crippen LogP contribution in [0.5, 0.6) is 0 Å². The Bertz CT molecular complexity index is 522. The van der Waals surface area contributed by atoms with E-state index in [1.165, 1.54) is 17.0 Å². The molecule has 90 valence electrons. The zero-order valence-electron chi connectivity index (χ0n) is 9.21. The summed E-state index contributed by atoms with van der Waals surface area (Å²) in [4.78, 5) is 2.18. The van der Waals surface area contributed by atoms with Crippen LogP contribution in [0.4, 0.5) is 8.78 Å². The summed E-state index contributed by atoms with van der Waals surface area (Å²) in [7, 11) is 0. The molecule has 1 unspecified atom stereocenters. The molecule has 0 nitrogen and oxygen atoms in total. The van der Waals surface area contributed by atoms with Crippen molar-refractivity contribution in [2.75, 3.05) is 0 Å². The van der Waals surface area contributed by atoms with Gasteiger partial charge in [0.1, 0.15) is 11.6 Å². The van der Waals surface area contributed by atoms with Gasteiger partial charge in [-0.3, -0.25) is 0 Å². The fourth-order valence-electron chi connectivity index (χ4n) is 1.60. The minimum atomic E-state index is -0.565. The summed E-state index contributed by atoms with van der Waals surface area (Å²) in [6, 6.07) is 7.51. The largest absolute Gasteiger partial charge is 0.207 e. The van der Waals surface area contributed by atoms with E-state index in [9.17, 15) is 8.78 Å². The highest BCUT2D eigenvalue weighted by atomic mass is 35.5. The molecule has 0 saturated carbocycles. The van der Waals surface area contributed by atoms with E-state index in [1.807, 2.05) is 19.1 Å². The van der Waals surface area contributed by atoms with Crippen molar-refractivity contribution in [3.8, 4) is 0 Å². The average molecular weight is 273 g/mol. The number of hydrogen-bond acceptors (Lipinski definition) is 1. The van der Waals surface area contributed by atoms with Gasteiger partial charge in [0.25, 0.3) is 0 Å². The first kappa shape index (κ1) is 12.5. The lowest BCUT2D eigenvalue weighted by Gasteiger charge is -2.08. The smallest absolute Gasteiger partial charge is 0.129 e. The van der Waals surface area contributed by atoms with Gasteiger partial charge in [0.05, 0.1) is 5.38 Å². The van der Waals surface area contributed by atoms with E-state index in [0.717, 1.165) is 10.9 Å². The maximum atomic E-state index is 13.4. The van der Waals surface area contributed by atoms with Crippen molar-refractivity contribution >= 4 is 22.9 Å².